The molecule has 0 saturated carbocycles. The Morgan fingerprint density at radius 3 is 2.76 bits per heavy atom. The number of hydrogen-bond donors (Lipinski definition) is 2. The van der Waals surface area contributed by atoms with E-state index in [4.69, 9.17) is 5.11 Å². The van der Waals surface area contributed by atoms with Gasteiger partial charge in [0.2, 0.25) is 0 Å². The molecule has 0 amide bonds. The molecule has 0 aromatic carbocycles. The Kier molecular flexibility index (Phi) is 7.82. The van der Waals surface area contributed by atoms with Crippen molar-refractivity contribution < 1.29 is 5.11 Å². The lowest BCUT2D eigenvalue weighted by atomic mass is 10.0. The van der Waals surface area contributed by atoms with Gasteiger partial charge >= 0.3 is 0 Å². The molecule has 3 nitrogen and oxygen atoms in total. The number of nitrogens with zero attached hydrogens (tertiary/aromatic N) is 1. The summed E-state index contributed by atoms with van der Waals surface area (Å²) in [6.45, 7) is 8.40. The highest BCUT2D eigenvalue weighted by atomic mass is 16.2. The summed E-state index contributed by atoms with van der Waals surface area (Å²) >= 11 is 0. The molecule has 1 aliphatic rings. The van der Waals surface area contributed by atoms with Crippen LogP contribution in [0.2, 0.25) is 0 Å². The molecule has 2 N–H and O–H groups in total. The summed E-state index contributed by atoms with van der Waals surface area (Å²) in [5.74, 6) is 0. The third-order valence-electron chi connectivity index (χ3n) is 3.61. The molecule has 1 fully saturated rings. The van der Waals surface area contributed by atoms with Crippen molar-refractivity contribution in [2.45, 2.75) is 64.5 Å². The first-order valence-electron chi connectivity index (χ1n) is 7.32. The molecule has 3 heteroatoms. The van der Waals surface area contributed by atoms with Crippen LogP contribution in [0.5, 0.6) is 0 Å². The lowest BCUT2D eigenvalue weighted by Crippen LogP contribution is -2.47. The van der Waals surface area contributed by atoms with E-state index in [1.54, 1.807) is 0 Å². The van der Waals surface area contributed by atoms with Gasteiger partial charge < -0.3 is 10.4 Å². The van der Waals surface area contributed by atoms with Crippen LogP contribution < -0.4 is 5.32 Å². The fraction of sp³-hybridized carbons (Fsp3) is 1.00. The number of unbranched alkanes of at least 4 members (excludes halogenated alkanes) is 2. The lowest BCUT2D eigenvalue weighted by molar-refractivity contribution is 0.140. The maximum atomic E-state index is 8.78. The quantitative estimate of drug-likeness (QED) is 0.639. The highest BCUT2D eigenvalue weighted by Crippen LogP contribution is 2.17. The molecule has 1 aliphatic heterocycles. The van der Waals surface area contributed by atoms with E-state index in [1.165, 1.54) is 38.8 Å². The predicted molar refractivity (Wildman–Crippen MR) is 73.3 cm³/mol. The Bertz CT molecular complexity index is 185. The Morgan fingerprint density at radius 2 is 2.06 bits per heavy atom. The fourth-order valence-corrected chi connectivity index (χ4v) is 2.56. The van der Waals surface area contributed by atoms with Gasteiger partial charge in [-0.2, -0.15) is 0 Å². The van der Waals surface area contributed by atoms with Crippen LogP contribution in [0.1, 0.15) is 52.4 Å². The van der Waals surface area contributed by atoms with Crippen LogP contribution in [0, 0.1) is 0 Å². The van der Waals surface area contributed by atoms with Gasteiger partial charge in [0.25, 0.3) is 0 Å². The van der Waals surface area contributed by atoms with E-state index >= 15 is 0 Å². The van der Waals surface area contributed by atoms with Gasteiger partial charge in [-0.05, 0) is 45.2 Å². The second kappa shape index (κ2) is 8.90. The summed E-state index contributed by atoms with van der Waals surface area (Å²) in [5, 5.41) is 12.3. The van der Waals surface area contributed by atoms with E-state index in [2.05, 4.69) is 24.1 Å². The molecule has 102 valence electrons. The molecule has 1 heterocycles. The first-order chi connectivity index (χ1) is 8.24. The van der Waals surface area contributed by atoms with Crippen molar-refractivity contribution in [2.75, 3.05) is 26.2 Å². The standard InChI is InChI=1S/C14H30N2O/c1-13(2)15-12-14-8-4-6-10-16(14)9-5-3-7-11-17/h13-15,17H,3-12H2,1-2H3. The number of aliphatic hydroxyl groups excluding tert-OH is 1. The number of hydrogen-bond acceptors (Lipinski definition) is 3. The first kappa shape index (κ1) is 14.9. The van der Waals surface area contributed by atoms with Gasteiger partial charge in [0.15, 0.2) is 0 Å². The van der Waals surface area contributed by atoms with E-state index < -0.39 is 0 Å². The average Bonchev–Trinajstić information content (AvgIpc) is 2.33. The van der Waals surface area contributed by atoms with E-state index in [-0.39, 0.29) is 0 Å². The molecule has 1 saturated heterocycles. The van der Waals surface area contributed by atoms with Crippen molar-refractivity contribution in [1.29, 1.82) is 0 Å². The van der Waals surface area contributed by atoms with E-state index in [1.807, 2.05) is 0 Å². The van der Waals surface area contributed by atoms with Gasteiger partial charge in [0.1, 0.15) is 0 Å². The third-order valence-corrected chi connectivity index (χ3v) is 3.61. The zero-order valence-corrected chi connectivity index (χ0v) is 11.6. The topological polar surface area (TPSA) is 35.5 Å². The highest BCUT2D eigenvalue weighted by molar-refractivity contribution is 4.79. The predicted octanol–water partition coefficient (Wildman–Crippen LogP) is 2.00. The minimum absolute atomic E-state index is 0.346. The van der Waals surface area contributed by atoms with E-state index in [0.717, 1.165) is 25.4 Å². The summed E-state index contributed by atoms with van der Waals surface area (Å²) in [5.41, 5.74) is 0. The van der Waals surface area contributed by atoms with Crippen molar-refractivity contribution in [3.05, 3.63) is 0 Å². The van der Waals surface area contributed by atoms with Crippen LogP contribution in [0.3, 0.4) is 0 Å². The van der Waals surface area contributed by atoms with E-state index in [0.29, 0.717) is 12.6 Å². The van der Waals surface area contributed by atoms with Crippen molar-refractivity contribution in [3.63, 3.8) is 0 Å². The minimum Gasteiger partial charge on any atom is -0.396 e. The van der Waals surface area contributed by atoms with Crippen molar-refractivity contribution >= 4 is 0 Å². The van der Waals surface area contributed by atoms with Crippen LogP contribution in [0.15, 0.2) is 0 Å². The van der Waals surface area contributed by atoms with Crippen LogP contribution >= 0.6 is 0 Å². The molecule has 0 bridgehead atoms. The molecule has 1 unspecified atom stereocenters. The van der Waals surface area contributed by atoms with Gasteiger partial charge in [0.05, 0.1) is 0 Å². The maximum Gasteiger partial charge on any atom is 0.0431 e. The van der Waals surface area contributed by atoms with Crippen molar-refractivity contribution in [2.24, 2.45) is 0 Å². The smallest absolute Gasteiger partial charge is 0.0431 e. The molecular weight excluding hydrogens is 212 g/mol. The Morgan fingerprint density at radius 1 is 1.24 bits per heavy atom. The van der Waals surface area contributed by atoms with Gasteiger partial charge in [-0.1, -0.05) is 20.3 Å². The van der Waals surface area contributed by atoms with Gasteiger partial charge in [-0.3, -0.25) is 4.90 Å². The number of nitrogens with one attached hydrogen (secondary N) is 1. The van der Waals surface area contributed by atoms with Gasteiger partial charge in [-0.25, -0.2) is 0 Å². The average molecular weight is 242 g/mol. The van der Waals surface area contributed by atoms with Crippen LogP contribution in [0.25, 0.3) is 0 Å². The van der Waals surface area contributed by atoms with Crippen molar-refractivity contribution in [1.82, 2.24) is 10.2 Å². The molecule has 0 spiro atoms. The Hall–Kier alpha value is -0.120. The zero-order chi connectivity index (χ0) is 12.5. The number of piperidine rings is 1. The maximum absolute atomic E-state index is 8.78. The van der Waals surface area contributed by atoms with Crippen molar-refractivity contribution in [3.8, 4) is 0 Å². The van der Waals surface area contributed by atoms with Gasteiger partial charge in [0, 0.05) is 25.2 Å². The Balaban J connectivity index is 2.22. The molecule has 0 aromatic heterocycles. The van der Waals surface area contributed by atoms with Crippen LogP contribution in [-0.2, 0) is 0 Å². The molecule has 0 radical (unpaired) electrons. The molecule has 0 aromatic rings. The molecule has 1 atom stereocenters. The summed E-state index contributed by atoms with van der Waals surface area (Å²) in [7, 11) is 0. The zero-order valence-electron chi connectivity index (χ0n) is 11.6. The SMILES string of the molecule is CC(C)NCC1CCCCN1CCCCCO. The third kappa shape index (κ3) is 6.39. The van der Waals surface area contributed by atoms with E-state index in [9.17, 15) is 0 Å². The number of rotatable bonds is 8. The molecule has 1 rings (SSSR count). The van der Waals surface area contributed by atoms with Crippen LogP contribution in [-0.4, -0.2) is 48.3 Å². The summed E-state index contributed by atoms with van der Waals surface area (Å²) < 4.78 is 0. The van der Waals surface area contributed by atoms with Gasteiger partial charge in [-0.15, -0.1) is 0 Å². The summed E-state index contributed by atoms with van der Waals surface area (Å²) in [6, 6.07) is 1.33. The first-order valence-corrected chi connectivity index (χ1v) is 7.32. The largest absolute Gasteiger partial charge is 0.396 e. The summed E-state index contributed by atoms with van der Waals surface area (Å²) in [4.78, 5) is 2.65. The summed E-state index contributed by atoms with van der Waals surface area (Å²) in [6.07, 6.45) is 7.45. The van der Waals surface area contributed by atoms with Crippen LogP contribution in [0.4, 0.5) is 0 Å². The lowest BCUT2D eigenvalue weighted by Gasteiger charge is -2.36. The number of likely N-dealkylation sites (tertiary alicyclic amines) is 1. The highest BCUT2D eigenvalue weighted by Gasteiger charge is 2.21. The number of aliphatic hydroxyl groups is 1. The molecule has 0 aliphatic carbocycles. The fourth-order valence-electron chi connectivity index (χ4n) is 2.56. The molecule has 17 heavy (non-hydrogen) atoms. The normalized spacial score (nSPS) is 22.2. The Labute approximate surface area is 107 Å². The molecular formula is C14H30N2O. The second-order valence-electron chi connectivity index (χ2n) is 5.53. The minimum atomic E-state index is 0.346. The second-order valence-corrected chi connectivity index (χ2v) is 5.53. The monoisotopic (exact) mass is 242 g/mol.